The molecular weight excluding hydrogens is 609 g/mol. The number of benzene rings is 1. The minimum absolute atomic E-state index is 0.0871. The number of rotatable bonds is 11. The topological polar surface area (TPSA) is 182 Å². The monoisotopic (exact) mass is 633 g/mol. The summed E-state index contributed by atoms with van der Waals surface area (Å²) in [4.78, 5) is 49.2. The van der Waals surface area contributed by atoms with E-state index in [2.05, 4.69) is 31.9 Å². The molecule has 0 saturated heterocycles. The van der Waals surface area contributed by atoms with Gasteiger partial charge in [-0.15, -0.1) is 23.2 Å². The Balaban J connectivity index is 2.47. The van der Waals surface area contributed by atoms with E-state index in [1.165, 1.54) is 31.2 Å². The smallest absolute Gasteiger partial charge is 0.407 e. The van der Waals surface area contributed by atoms with Crippen molar-refractivity contribution in [3.8, 4) is 11.8 Å². The lowest BCUT2D eigenvalue weighted by atomic mass is 9.91. The lowest BCUT2D eigenvalue weighted by Crippen LogP contribution is -2.52. The molecule has 2 rings (SSSR count). The molecule has 0 aromatic heterocycles. The van der Waals surface area contributed by atoms with Gasteiger partial charge in [-0.1, -0.05) is 0 Å². The first kappa shape index (κ1) is 31.0. The van der Waals surface area contributed by atoms with Gasteiger partial charge in [0.1, 0.15) is 17.9 Å². The lowest BCUT2D eigenvalue weighted by molar-refractivity contribution is -0.125. The van der Waals surface area contributed by atoms with Crippen LogP contribution in [0.15, 0.2) is 34.3 Å². The van der Waals surface area contributed by atoms with Crippen LogP contribution in [0.4, 0.5) is 9.59 Å². The van der Waals surface area contributed by atoms with Crippen LogP contribution in [0.25, 0.3) is 0 Å². The number of halogens is 3. The van der Waals surface area contributed by atoms with Crippen molar-refractivity contribution in [2.75, 3.05) is 24.8 Å². The summed E-state index contributed by atoms with van der Waals surface area (Å²) in [6.07, 6.45) is -4.08. The molecule has 15 heteroatoms. The highest BCUT2D eigenvalue weighted by atomic mass is 79.9. The Morgan fingerprint density at radius 1 is 1.16 bits per heavy atom. The van der Waals surface area contributed by atoms with Gasteiger partial charge in [0.2, 0.25) is 11.8 Å². The van der Waals surface area contributed by atoms with Gasteiger partial charge in [-0.05, 0) is 47.1 Å². The largest absolute Gasteiger partial charge is 0.481 e. The SMILES string of the molecule is CC(NC(=O)C1=CC(Oc2ccc(C#N)cc2Br)C(OC(=O)NCCCl)C(OC(=O)NCCCl)C1)C(N)=O. The molecule has 1 aliphatic rings. The van der Waals surface area contributed by atoms with Gasteiger partial charge in [0.15, 0.2) is 12.2 Å². The van der Waals surface area contributed by atoms with Crippen molar-refractivity contribution in [1.82, 2.24) is 16.0 Å². The van der Waals surface area contributed by atoms with Crippen LogP contribution in [0.2, 0.25) is 0 Å². The molecule has 4 unspecified atom stereocenters. The van der Waals surface area contributed by atoms with E-state index < -0.39 is 48.4 Å². The number of nitrogens with two attached hydrogens (primary N) is 1. The summed E-state index contributed by atoms with van der Waals surface area (Å²) in [5.41, 5.74) is 5.69. The average molecular weight is 635 g/mol. The molecule has 0 bridgehead atoms. The average Bonchev–Trinajstić information content (AvgIpc) is 2.88. The van der Waals surface area contributed by atoms with Gasteiger partial charge < -0.3 is 35.9 Å². The number of hydrogen-bond acceptors (Lipinski definition) is 8. The van der Waals surface area contributed by atoms with Crippen LogP contribution in [-0.4, -0.2) is 73.2 Å². The van der Waals surface area contributed by atoms with Gasteiger partial charge >= 0.3 is 12.2 Å². The summed E-state index contributed by atoms with van der Waals surface area (Å²) in [7, 11) is 0. The predicted octanol–water partition coefficient (Wildman–Crippen LogP) is 2.06. The van der Waals surface area contributed by atoms with E-state index in [1.54, 1.807) is 0 Å². The maximum absolute atomic E-state index is 12.9. The van der Waals surface area contributed by atoms with Crippen LogP contribution in [0.1, 0.15) is 18.9 Å². The van der Waals surface area contributed by atoms with E-state index in [-0.39, 0.29) is 42.6 Å². The molecular formula is C23H26BrCl2N5O7. The molecule has 1 aliphatic carbocycles. The van der Waals surface area contributed by atoms with Crippen molar-refractivity contribution in [3.63, 3.8) is 0 Å². The molecule has 0 aliphatic heterocycles. The first-order chi connectivity index (χ1) is 18.1. The first-order valence-electron chi connectivity index (χ1n) is 11.3. The summed E-state index contributed by atoms with van der Waals surface area (Å²) in [5.74, 6) is -0.922. The third kappa shape index (κ3) is 9.27. The number of nitrogens with zero attached hydrogens (tertiary/aromatic N) is 1. The molecule has 12 nitrogen and oxygen atoms in total. The molecule has 0 fully saturated rings. The van der Waals surface area contributed by atoms with Crippen molar-refractivity contribution in [3.05, 3.63) is 39.9 Å². The second kappa shape index (κ2) is 15.3. The summed E-state index contributed by atoms with van der Waals surface area (Å²) in [6, 6.07) is 5.54. The highest BCUT2D eigenvalue weighted by Gasteiger charge is 2.42. The summed E-state index contributed by atoms with van der Waals surface area (Å²) in [6.45, 7) is 1.62. The van der Waals surface area contributed by atoms with Crippen LogP contribution in [0.5, 0.6) is 5.75 Å². The molecule has 0 radical (unpaired) electrons. The van der Waals surface area contributed by atoms with E-state index in [4.69, 9.17) is 48.4 Å². The van der Waals surface area contributed by atoms with Gasteiger partial charge in [0, 0.05) is 36.8 Å². The number of primary amides is 1. The fourth-order valence-electron chi connectivity index (χ4n) is 3.24. The van der Waals surface area contributed by atoms with E-state index in [0.717, 1.165) is 0 Å². The standard InChI is InChI=1S/C23H26BrCl2N5O7/c1-12(20(28)32)31-21(33)14-9-17(36-16-3-2-13(11-27)8-15(16)24)19(38-23(35)30-7-5-26)18(10-14)37-22(34)29-6-4-25/h2-3,8-9,12,17-19H,4-7,10H2,1H3,(H2,28,32)(H,29,34)(H,30,35)(H,31,33). The van der Waals surface area contributed by atoms with Crippen molar-refractivity contribution >= 4 is 63.1 Å². The Hall–Kier alpha value is -3.21. The number of alkyl carbamates (subject to hydrolysis) is 2. The van der Waals surface area contributed by atoms with Crippen LogP contribution >= 0.6 is 39.1 Å². The molecule has 0 saturated carbocycles. The number of nitriles is 1. The van der Waals surface area contributed by atoms with Crippen molar-refractivity contribution < 1.29 is 33.4 Å². The lowest BCUT2D eigenvalue weighted by Gasteiger charge is -2.36. The fraction of sp³-hybridized carbons (Fsp3) is 0.435. The number of alkyl halides is 2. The Morgan fingerprint density at radius 2 is 1.79 bits per heavy atom. The van der Waals surface area contributed by atoms with Gasteiger partial charge in [0.25, 0.3) is 0 Å². The van der Waals surface area contributed by atoms with Crippen molar-refractivity contribution in [2.24, 2.45) is 5.73 Å². The Bertz CT molecular complexity index is 1110. The Morgan fingerprint density at radius 3 is 2.34 bits per heavy atom. The molecule has 5 N–H and O–H groups in total. The van der Waals surface area contributed by atoms with Crippen LogP contribution < -0.4 is 26.4 Å². The van der Waals surface area contributed by atoms with Crippen LogP contribution in [-0.2, 0) is 19.1 Å². The molecule has 206 valence electrons. The Kier molecular flexibility index (Phi) is 12.5. The summed E-state index contributed by atoms with van der Waals surface area (Å²) < 4.78 is 17.5. The molecule has 4 atom stereocenters. The van der Waals surface area contributed by atoms with Crippen molar-refractivity contribution in [2.45, 2.75) is 37.7 Å². The molecule has 1 aromatic rings. The van der Waals surface area contributed by atoms with Crippen molar-refractivity contribution in [1.29, 1.82) is 5.26 Å². The van der Waals surface area contributed by atoms with E-state index in [1.807, 2.05) is 6.07 Å². The zero-order chi connectivity index (χ0) is 28.2. The van der Waals surface area contributed by atoms with Crippen LogP contribution in [0.3, 0.4) is 0 Å². The first-order valence-corrected chi connectivity index (χ1v) is 13.1. The van der Waals surface area contributed by atoms with Gasteiger partial charge in [-0.25, -0.2) is 9.59 Å². The minimum atomic E-state index is -1.22. The summed E-state index contributed by atoms with van der Waals surface area (Å²) in [5, 5.41) is 16.5. The molecule has 0 spiro atoms. The number of hydrogen-bond donors (Lipinski definition) is 4. The third-order valence-electron chi connectivity index (χ3n) is 5.10. The van der Waals surface area contributed by atoms with Gasteiger partial charge in [0.05, 0.1) is 16.1 Å². The van der Waals surface area contributed by atoms with Crippen LogP contribution in [0, 0.1) is 11.3 Å². The fourth-order valence-corrected chi connectivity index (χ4v) is 3.90. The Labute approximate surface area is 237 Å². The number of nitrogens with one attached hydrogen (secondary N) is 3. The molecule has 4 amide bonds. The highest BCUT2D eigenvalue weighted by Crippen LogP contribution is 2.32. The normalized spacial score (nSPS) is 19.1. The zero-order valence-electron chi connectivity index (χ0n) is 20.2. The molecule has 1 aromatic carbocycles. The number of ether oxygens (including phenoxy) is 3. The molecule has 38 heavy (non-hydrogen) atoms. The van der Waals surface area contributed by atoms with E-state index in [9.17, 15) is 19.2 Å². The number of carbonyl (C=O) groups is 4. The second-order valence-corrected chi connectivity index (χ2v) is 9.49. The predicted molar refractivity (Wildman–Crippen MR) is 141 cm³/mol. The number of amides is 4. The zero-order valence-corrected chi connectivity index (χ0v) is 23.3. The highest BCUT2D eigenvalue weighted by molar-refractivity contribution is 9.10. The van der Waals surface area contributed by atoms with E-state index >= 15 is 0 Å². The maximum atomic E-state index is 12.9. The van der Waals surface area contributed by atoms with Gasteiger partial charge in [-0.3, -0.25) is 9.59 Å². The summed E-state index contributed by atoms with van der Waals surface area (Å²) >= 11 is 14.6. The third-order valence-corrected chi connectivity index (χ3v) is 6.09. The maximum Gasteiger partial charge on any atom is 0.407 e. The second-order valence-electron chi connectivity index (χ2n) is 7.88. The van der Waals surface area contributed by atoms with E-state index in [0.29, 0.717) is 10.0 Å². The minimum Gasteiger partial charge on any atom is -0.481 e. The number of carbonyl (C=O) groups excluding carboxylic acids is 4. The molecule has 0 heterocycles. The quantitative estimate of drug-likeness (QED) is 0.267. The van der Waals surface area contributed by atoms with Gasteiger partial charge in [-0.2, -0.15) is 5.26 Å².